The lowest BCUT2D eigenvalue weighted by atomic mass is 10.1. The third kappa shape index (κ3) is 13.9. The Morgan fingerprint density at radius 3 is 2.26 bits per heavy atom. The molecule has 1 aromatic rings. The molecule has 25 heteroatoms. The highest BCUT2D eigenvalue weighted by Crippen LogP contribution is 2.66. The van der Waals surface area contributed by atoms with E-state index in [2.05, 4.69) is 23.8 Å². The zero-order valence-corrected chi connectivity index (χ0v) is 27.1. The van der Waals surface area contributed by atoms with Gasteiger partial charge in [0.25, 0.3) is 5.56 Å². The van der Waals surface area contributed by atoms with Gasteiger partial charge in [-0.2, -0.15) is 8.62 Å². The van der Waals surface area contributed by atoms with Crippen molar-refractivity contribution in [1.82, 2.24) is 20.2 Å². The topological polar surface area (TPSA) is 349 Å². The summed E-state index contributed by atoms with van der Waals surface area (Å²) in [5.74, 6) is -0.985. The van der Waals surface area contributed by atoms with Crippen molar-refractivity contribution in [2.75, 3.05) is 19.7 Å². The molecule has 1 aliphatic heterocycles. The van der Waals surface area contributed by atoms with Gasteiger partial charge in [0.15, 0.2) is 0 Å². The zero-order valence-electron chi connectivity index (χ0n) is 24.4. The van der Waals surface area contributed by atoms with Crippen molar-refractivity contribution in [3.8, 4) is 0 Å². The van der Waals surface area contributed by atoms with Crippen molar-refractivity contribution < 1.29 is 71.0 Å². The average molecular weight is 725 g/mol. The van der Waals surface area contributed by atoms with Crippen LogP contribution in [-0.2, 0) is 47.6 Å². The van der Waals surface area contributed by atoms with Gasteiger partial charge in [0.05, 0.1) is 25.2 Å². The van der Waals surface area contributed by atoms with Crippen LogP contribution in [0.1, 0.15) is 50.8 Å². The van der Waals surface area contributed by atoms with Gasteiger partial charge in [0.2, 0.25) is 11.8 Å². The van der Waals surface area contributed by atoms with E-state index in [1.54, 1.807) is 0 Å². The van der Waals surface area contributed by atoms with E-state index < -0.39 is 90.1 Å². The van der Waals surface area contributed by atoms with Gasteiger partial charge < -0.3 is 50.9 Å². The third-order valence-corrected chi connectivity index (χ3v) is 10.1. The number of hydrogen-bond donors (Lipinski definition) is 10. The van der Waals surface area contributed by atoms with E-state index in [1.807, 2.05) is 4.98 Å². The maximum absolute atomic E-state index is 12.4. The Bertz CT molecular complexity index is 1460. The summed E-state index contributed by atoms with van der Waals surface area (Å²) in [5, 5.41) is 24.8. The van der Waals surface area contributed by atoms with Gasteiger partial charge in [-0.3, -0.25) is 28.5 Å². The summed E-state index contributed by atoms with van der Waals surface area (Å²) in [7, 11) is -16.9. The van der Waals surface area contributed by atoms with Crippen molar-refractivity contribution in [2.24, 2.45) is 5.73 Å². The summed E-state index contributed by atoms with van der Waals surface area (Å²) < 4.78 is 52.1. The number of aromatic nitrogens is 2. The molecular weight excluding hydrogens is 687 g/mol. The summed E-state index contributed by atoms with van der Waals surface area (Å²) in [5.41, 5.74) is 3.58. The number of H-pyrrole nitrogens is 1. The number of unbranched alkanes of at least 4 members (excludes halogenated alkanes) is 3. The Labute approximate surface area is 260 Å². The van der Waals surface area contributed by atoms with Crippen LogP contribution in [0.25, 0.3) is 0 Å². The van der Waals surface area contributed by atoms with E-state index in [9.17, 15) is 52.9 Å². The van der Waals surface area contributed by atoms with Crippen LogP contribution < -0.4 is 27.6 Å². The maximum atomic E-state index is 12.4. The van der Waals surface area contributed by atoms with E-state index >= 15 is 0 Å². The highest BCUT2D eigenvalue weighted by molar-refractivity contribution is 7.66. The summed E-state index contributed by atoms with van der Waals surface area (Å²) in [6, 6.07) is -1.01. The van der Waals surface area contributed by atoms with Crippen molar-refractivity contribution in [3.63, 3.8) is 0 Å². The molecule has 0 bridgehead atoms. The molecule has 1 fully saturated rings. The highest BCUT2D eigenvalue weighted by atomic mass is 31.3. The number of phosphoric ester groups is 1. The van der Waals surface area contributed by atoms with E-state index in [4.69, 9.17) is 20.3 Å². The number of aliphatic hydroxyl groups excluding tert-OH is 2. The van der Waals surface area contributed by atoms with Gasteiger partial charge >= 0.3 is 29.2 Å². The molecule has 46 heavy (non-hydrogen) atoms. The molecule has 2 rings (SSSR count). The molecule has 2 amide bonds. The first-order valence-corrected chi connectivity index (χ1v) is 18.2. The van der Waals surface area contributed by atoms with Gasteiger partial charge in [0, 0.05) is 31.3 Å². The SMILES string of the molecule is C[C@@H](O)[C@H](N)C(=O)NCCCCCCNC(=O)Cc1cn([C@H]2C[C@H](O)[C@@H](COP(=O)(O)OP(=O)(O)OP(=O)(O)O)O2)c(=O)[nH]c1=O. The van der Waals surface area contributed by atoms with Gasteiger partial charge in [-0.25, -0.2) is 18.5 Å². The summed E-state index contributed by atoms with van der Waals surface area (Å²) in [6.45, 7) is 1.10. The number of amides is 2. The molecule has 1 aliphatic rings. The van der Waals surface area contributed by atoms with Crippen LogP contribution in [0.3, 0.4) is 0 Å². The number of nitrogens with two attached hydrogens (primary N) is 1. The van der Waals surface area contributed by atoms with E-state index in [-0.39, 0.29) is 18.5 Å². The van der Waals surface area contributed by atoms with Crippen molar-refractivity contribution in [2.45, 2.75) is 76.0 Å². The van der Waals surface area contributed by atoms with E-state index in [0.717, 1.165) is 17.2 Å². The van der Waals surface area contributed by atoms with E-state index in [0.29, 0.717) is 25.8 Å². The number of rotatable bonds is 19. The molecule has 0 saturated carbocycles. The molecule has 22 nitrogen and oxygen atoms in total. The number of carbonyl (C=O) groups excluding carboxylic acids is 2. The number of aromatic amines is 1. The summed E-state index contributed by atoms with van der Waals surface area (Å²) >= 11 is 0. The van der Waals surface area contributed by atoms with Crippen LogP contribution in [0.4, 0.5) is 0 Å². The van der Waals surface area contributed by atoms with Crippen molar-refractivity contribution >= 4 is 35.3 Å². The van der Waals surface area contributed by atoms with Gasteiger partial charge in [-0.15, -0.1) is 0 Å². The Balaban J connectivity index is 1.85. The van der Waals surface area contributed by atoms with Crippen molar-refractivity contribution in [3.05, 3.63) is 32.6 Å². The van der Waals surface area contributed by atoms with Crippen LogP contribution in [0.2, 0.25) is 0 Å². The Kier molecular flexibility index (Phi) is 15.1. The first kappa shape index (κ1) is 40.0. The predicted molar refractivity (Wildman–Crippen MR) is 154 cm³/mol. The first-order valence-electron chi connectivity index (χ1n) is 13.6. The molecule has 2 heterocycles. The first-order chi connectivity index (χ1) is 21.2. The number of nitrogens with zero attached hydrogens (tertiary/aromatic N) is 1. The fourth-order valence-electron chi connectivity index (χ4n) is 3.99. The van der Waals surface area contributed by atoms with Crippen LogP contribution in [0, 0.1) is 0 Å². The maximum Gasteiger partial charge on any atom is 0.490 e. The van der Waals surface area contributed by atoms with Crippen LogP contribution >= 0.6 is 23.5 Å². The molecule has 1 aromatic heterocycles. The quantitative estimate of drug-likeness (QED) is 0.0523. The van der Waals surface area contributed by atoms with Gasteiger partial charge in [-0.05, 0) is 19.8 Å². The minimum atomic E-state index is -5.76. The zero-order chi connectivity index (χ0) is 34.9. The Morgan fingerprint density at radius 2 is 1.67 bits per heavy atom. The van der Waals surface area contributed by atoms with Crippen LogP contribution in [0.15, 0.2) is 15.8 Å². The largest absolute Gasteiger partial charge is 0.490 e. The number of ether oxygens (including phenoxy) is 1. The number of carbonyl (C=O) groups is 2. The number of aliphatic hydroxyl groups is 2. The summed E-state index contributed by atoms with van der Waals surface area (Å²) in [6.07, 6.45) is -2.09. The van der Waals surface area contributed by atoms with E-state index in [1.165, 1.54) is 6.92 Å². The fourth-order valence-corrected chi connectivity index (χ4v) is 7.02. The predicted octanol–water partition coefficient (Wildman–Crippen LogP) is -2.43. The molecule has 1 saturated heterocycles. The molecule has 11 N–H and O–H groups in total. The Morgan fingerprint density at radius 1 is 1.07 bits per heavy atom. The second-order valence-corrected chi connectivity index (χ2v) is 14.6. The molecular formula is C21H38N5O17P3. The highest BCUT2D eigenvalue weighted by Gasteiger charge is 2.43. The average Bonchev–Trinajstić information content (AvgIpc) is 3.27. The monoisotopic (exact) mass is 725 g/mol. The molecule has 0 aliphatic carbocycles. The fraction of sp³-hybridized carbons (Fsp3) is 0.714. The number of hydrogen-bond acceptors (Lipinski definition) is 14. The minimum absolute atomic E-state index is 0.127. The van der Waals surface area contributed by atoms with Crippen LogP contribution in [0.5, 0.6) is 0 Å². The lowest BCUT2D eigenvalue weighted by Gasteiger charge is -2.19. The number of nitrogens with one attached hydrogen (secondary N) is 3. The normalized spacial score (nSPS) is 22.4. The van der Waals surface area contributed by atoms with Gasteiger partial charge in [0.1, 0.15) is 18.4 Å². The third-order valence-electron chi connectivity index (χ3n) is 6.27. The molecule has 0 radical (unpaired) electrons. The van der Waals surface area contributed by atoms with Crippen molar-refractivity contribution in [1.29, 1.82) is 0 Å². The molecule has 2 unspecified atom stereocenters. The van der Waals surface area contributed by atoms with Gasteiger partial charge in [-0.1, -0.05) is 12.8 Å². The molecule has 0 spiro atoms. The smallest absolute Gasteiger partial charge is 0.391 e. The summed E-state index contributed by atoms with van der Waals surface area (Å²) in [4.78, 5) is 86.8. The molecule has 0 aromatic carbocycles. The standard InChI is InChI=1S/C21H38N5O17P3/c1-12(27)18(22)20(31)24-7-5-3-2-4-6-23-16(29)8-13-10-26(21(32)25-19(13)30)17-9-14(28)15(41-17)11-40-45(36,37)43-46(38,39)42-44(33,34)35/h10,12,14-15,17-18,27-28H,2-9,11,22H2,1H3,(H,23,29)(H,24,31)(H,36,37)(H,38,39)(H,25,30,32)(H2,33,34,35)/t12-,14+,15-,17-,18+/m1/s1. The van der Waals surface area contributed by atoms with Crippen LogP contribution in [-0.4, -0.2) is 95.2 Å². The minimum Gasteiger partial charge on any atom is -0.391 e. The lowest BCUT2D eigenvalue weighted by molar-refractivity contribution is -0.124. The second-order valence-electron chi connectivity index (χ2n) is 10.1. The molecule has 7 atom stereocenters. The Hall–Kier alpha value is -2.13. The second kappa shape index (κ2) is 17.3. The molecule has 264 valence electrons. The lowest BCUT2D eigenvalue weighted by Crippen LogP contribution is -2.47. The number of phosphoric acid groups is 3.